The summed E-state index contributed by atoms with van der Waals surface area (Å²) in [6, 6.07) is 3.83. The van der Waals surface area contributed by atoms with Gasteiger partial charge in [-0.25, -0.2) is 4.68 Å². The van der Waals surface area contributed by atoms with E-state index in [2.05, 4.69) is 26.3 Å². The van der Waals surface area contributed by atoms with E-state index in [0.717, 1.165) is 10.7 Å². The number of alkyl halides is 3. The molecule has 1 N–H and O–H groups in total. The lowest BCUT2D eigenvalue weighted by Gasteiger charge is -2.17. The zero-order valence-electron chi connectivity index (χ0n) is 13.8. The van der Waals surface area contributed by atoms with Crippen LogP contribution in [0.25, 0.3) is 0 Å². The van der Waals surface area contributed by atoms with Gasteiger partial charge in [-0.1, -0.05) is 6.07 Å². The van der Waals surface area contributed by atoms with Crippen LogP contribution < -0.4 is 15.6 Å². The molecule has 5 nitrogen and oxygen atoms in total. The molecule has 136 valence electrons. The van der Waals surface area contributed by atoms with Crippen LogP contribution in [0.2, 0.25) is 0 Å². The van der Waals surface area contributed by atoms with Crippen molar-refractivity contribution in [2.45, 2.75) is 32.7 Å². The molecule has 0 amide bonds. The highest BCUT2D eigenvalue weighted by Crippen LogP contribution is 2.35. The topological polar surface area (TPSA) is 56.1 Å². The highest BCUT2D eigenvalue weighted by molar-refractivity contribution is 9.10. The van der Waals surface area contributed by atoms with Gasteiger partial charge in [0.1, 0.15) is 10.2 Å². The Balaban J connectivity index is 2.30. The first-order valence-corrected chi connectivity index (χ1v) is 8.21. The van der Waals surface area contributed by atoms with Crippen LogP contribution in [-0.4, -0.2) is 15.9 Å². The number of aromatic nitrogens is 2. The fraction of sp³-hybridized carbons (Fsp3) is 0.375. The average molecular weight is 420 g/mol. The molecule has 1 aromatic carbocycles. The van der Waals surface area contributed by atoms with Crippen molar-refractivity contribution in [1.29, 1.82) is 0 Å². The van der Waals surface area contributed by atoms with Gasteiger partial charge in [-0.3, -0.25) is 4.79 Å². The SMILES string of the molecule is CC(C)Oc1ccc(CNc2cnn(C)c(=O)c2Br)c(C(F)(F)F)c1. The zero-order valence-corrected chi connectivity index (χ0v) is 15.4. The summed E-state index contributed by atoms with van der Waals surface area (Å²) < 4.78 is 46.6. The normalized spacial score (nSPS) is 11.7. The lowest BCUT2D eigenvalue weighted by molar-refractivity contribution is -0.138. The first-order chi connectivity index (χ1) is 11.6. The lowest BCUT2D eigenvalue weighted by atomic mass is 10.1. The van der Waals surface area contributed by atoms with Gasteiger partial charge in [-0.15, -0.1) is 0 Å². The molecule has 0 saturated heterocycles. The van der Waals surface area contributed by atoms with Crippen LogP contribution in [0.1, 0.15) is 25.0 Å². The molecule has 9 heteroatoms. The van der Waals surface area contributed by atoms with Gasteiger partial charge in [0.05, 0.1) is 23.6 Å². The second-order valence-corrected chi connectivity index (χ2v) is 6.43. The van der Waals surface area contributed by atoms with E-state index < -0.39 is 11.7 Å². The van der Waals surface area contributed by atoms with Gasteiger partial charge in [-0.2, -0.15) is 18.3 Å². The summed E-state index contributed by atoms with van der Waals surface area (Å²) in [5, 5.41) is 6.65. The van der Waals surface area contributed by atoms with Crippen molar-refractivity contribution in [3.63, 3.8) is 0 Å². The van der Waals surface area contributed by atoms with Crippen LogP contribution in [0.5, 0.6) is 5.75 Å². The van der Waals surface area contributed by atoms with Crippen LogP contribution in [-0.2, 0) is 19.8 Å². The number of anilines is 1. The van der Waals surface area contributed by atoms with Crippen molar-refractivity contribution in [3.8, 4) is 5.75 Å². The maximum atomic E-state index is 13.3. The van der Waals surface area contributed by atoms with E-state index in [0.29, 0.717) is 5.69 Å². The van der Waals surface area contributed by atoms with Gasteiger partial charge < -0.3 is 10.1 Å². The third-order valence-corrected chi connectivity index (χ3v) is 4.07. The maximum Gasteiger partial charge on any atom is 0.416 e. The number of ether oxygens (including phenoxy) is 1. The monoisotopic (exact) mass is 419 g/mol. The van der Waals surface area contributed by atoms with E-state index in [1.54, 1.807) is 13.8 Å². The summed E-state index contributed by atoms with van der Waals surface area (Å²) in [6.07, 6.45) is -3.38. The predicted molar refractivity (Wildman–Crippen MR) is 91.7 cm³/mol. The number of aryl methyl sites for hydroxylation is 1. The van der Waals surface area contributed by atoms with Gasteiger partial charge in [-0.05, 0) is 47.5 Å². The standard InChI is InChI=1S/C16H17BrF3N3O2/c1-9(2)25-11-5-4-10(12(6-11)16(18,19)20)7-21-13-8-22-23(3)15(24)14(13)17/h4-6,8-9,21H,7H2,1-3H3. The molecule has 1 heterocycles. The van der Waals surface area contributed by atoms with Gasteiger partial charge in [0, 0.05) is 13.6 Å². The molecule has 0 atom stereocenters. The zero-order chi connectivity index (χ0) is 18.8. The summed E-state index contributed by atoms with van der Waals surface area (Å²) in [5.74, 6) is 0.155. The molecule has 0 unspecified atom stereocenters. The Labute approximate surface area is 150 Å². The molecule has 0 bridgehead atoms. The minimum absolute atomic E-state index is 0.0381. The van der Waals surface area contributed by atoms with Gasteiger partial charge in [0.25, 0.3) is 5.56 Å². The molecule has 2 aromatic rings. The minimum atomic E-state index is -4.52. The summed E-state index contributed by atoms with van der Waals surface area (Å²) in [7, 11) is 1.48. The van der Waals surface area contributed by atoms with Gasteiger partial charge in [0.2, 0.25) is 0 Å². The van der Waals surface area contributed by atoms with Crippen molar-refractivity contribution in [3.05, 3.63) is 50.3 Å². The van der Waals surface area contributed by atoms with Crippen LogP contribution >= 0.6 is 15.9 Å². The Morgan fingerprint density at radius 2 is 2.04 bits per heavy atom. The number of rotatable bonds is 5. The number of nitrogens with zero attached hydrogens (tertiary/aromatic N) is 2. The fourth-order valence-corrected chi connectivity index (χ4v) is 2.64. The Morgan fingerprint density at radius 1 is 1.36 bits per heavy atom. The van der Waals surface area contributed by atoms with E-state index in [9.17, 15) is 18.0 Å². The van der Waals surface area contributed by atoms with E-state index >= 15 is 0 Å². The number of hydrogen-bond donors (Lipinski definition) is 1. The predicted octanol–water partition coefficient (Wildman–Crippen LogP) is 3.96. The van der Waals surface area contributed by atoms with E-state index in [1.165, 1.54) is 25.4 Å². The largest absolute Gasteiger partial charge is 0.491 e. The molecule has 0 saturated carbocycles. The molecule has 0 aliphatic carbocycles. The van der Waals surface area contributed by atoms with Crippen LogP contribution in [0.4, 0.5) is 18.9 Å². The Hall–Kier alpha value is -2.03. The van der Waals surface area contributed by atoms with Crippen molar-refractivity contribution >= 4 is 21.6 Å². The second-order valence-electron chi connectivity index (χ2n) is 5.64. The molecule has 1 aromatic heterocycles. The Bertz CT molecular complexity index is 819. The van der Waals surface area contributed by atoms with E-state index in [1.807, 2.05) is 0 Å². The molecule has 0 aliphatic heterocycles. The lowest BCUT2D eigenvalue weighted by Crippen LogP contribution is -2.21. The van der Waals surface area contributed by atoms with Crippen molar-refractivity contribution in [1.82, 2.24) is 9.78 Å². The third-order valence-electron chi connectivity index (χ3n) is 3.31. The highest BCUT2D eigenvalue weighted by atomic mass is 79.9. The highest BCUT2D eigenvalue weighted by Gasteiger charge is 2.33. The summed E-state index contributed by atoms with van der Waals surface area (Å²) >= 11 is 3.12. The number of nitrogens with one attached hydrogen (secondary N) is 1. The van der Waals surface area contributed by atoms with Crippen LogP contribution in [0.3, 0.4) is 0 Å². The maximum absolute atomic E-state index is 13.3. The third kappa shape index (κ3) is 4.75. The fourth-order valence-electron chi connectivity index (χ4n) is 2.14. The summed E-state index contributed by atoms with van der Waals surface area (Å²) in [6.45, 7) is 3.36. The summed E-state index contributed by atoms with van der Waals surface area (Å²) in [5.41, 5.74) is -0.817. The smallest absolute Gasteiger partial charge is 0.416 e. The molecule has 2 rings (SSSR count). The molecule has 25 heavy (non-hydrogen) atoms. The first-order valence-electron chi connectivity index (χ1n) is 7.42. The van der Waals surface area contributed by atoms with Crippen molar-refractivity contribution < 1.29 is 17.9 Å². The van der Waals surface area contributed by atoms with E-state index in [4.69, 9.17) is 4.74 Å². The van der Waals surface area contributed by atoms with Crippen molar-refractivity contribution in [2.24, 2.45) is 7.05 Å². The van der Waals surface area contributed by atoms with Crippen LogP contribution in [0, 0.1) is 0 Å². The molecular formula is C16H17BrF3N3O2. The van der Waals surface area contributed by atoms with E-state index in [-0.39, 0.29) is 34.0 Å². The molecule has 0 aliphatic rings. The Morgan fingerprint density at radius 3 is 2.64 bits per heavy atom. The van der Waals surface area contributed by atoms with Crippen molar-refractivity contribution in [2.75, 3.05) is 5.32 Å². The molecule has 0 fully saturated rings. The molecular weight excluding hydrogens is 403 g/mol. The average Bonchev–Trinajstić information content (AvgIpc) is 2.51. The Kier molecular flexibility index (Phi) is 5.76. The first kappa shape index (κ1) is 19.3. The number of halogens is 4. The second kappa shape index (κ2) is 7.47. The molecule has 0 spiro atoms. The summed E-state index contributed by atoms with van der Waals surface area (Å²) in [4.78, 5) is 11.8. The quantitative estimate of drug-likeness (QED) is 0.796. The number of hydrogen-bond acceptors (Lipinski definition) is 4. The van der Waals surface area contributed by atoms with Gasteiger partial charge >= 0.3 is 6.18 Å². The molecule has 0 radical (unpaired) electrons. The minimum Gasteiger partial charge on any atom is -0.491 e. The van der Waals surface area contributed by atoms with Crippen LogP contribution in [0.15, 0.2) is 33.7 Å². The van der Waals surface area contributed by atoms with Gasteiger partial charge in [0.15, 0.2) is 0 Å². The number of benzene rings is 1.